The summed E-state index contributed by atoms with van der Waals surface area (Å²) in [6.45, 7) is 0.929. The molecule has 1 aliphatic rings. The largest absolute Gasteiger partial charge is 0.394 e. The van der Waals surface area contributed by atoms with E-state index in [9.17, 15) is 20.1 Å². The Hall–Kier alpha value is -1.12. The van der Waals surface area contributed by atoms with Crippen LogP contribution in [-0.2, 0) is 9.53 Å². The number of nitrogens with one attached hydrogen (secondary N) is 1. The van der Waals surface area contributed by atoms with Gasteiger partial charge in [0.25, 0.3) is 0 Å². The van der Waals surface area contributed by atoms with E-state index in [2.05, 4.69) is 5.32 Å². The van der Waals surface area contributed by atoms with Gasteiger partial charge >= 0.3 is 0 Å². The molecule has 1 amide bonds. The van der Waals surface area contributed by atoms with Gasteiger partial charge in [0.1, 0.15) is 23.7 Å². The third-order valence-electron chi connectivity index (χ3n) is 3.25. The average Bonchev–Trinajstić information content (AvgIpc) is 2.47. The maximum absolute atomic E-state index is 11.3. The Morgan fingerprint density at radius 3 is 2.52 bits per heavy atom. The summed E-state index contributed by atoms with van der Waals surface area (Å²) in [5.41, 5.74) is -0.605. The van der Waals surface area contributed by atoms with Gasteiger partial charge in [-0.05, 0) is 12.1 Å². The number of benzene rings is 1. The van der Waals surface area contributed by atoms with Gasteiger partial charge in [-0.1, -0.05) is 30.0 Å². The highest BCUT2D eigenvalue weighted by Crippen LogP contribution is 2.33. The number of thioether (sulfide) groups is 1. The zero-order chi connectivity index (χ0) is 15.4. The van der Waals surface area contributed by atoms with Crippen LogP contribution in [0.2, 0.25) is 0 Å². The summed E-state index contributed by atoms with van der Waals surface area (Å²) in [6, 6.07) is 8.62. The Morgan fingerprint density at radius 2 is 1.95 bits per heavy atom. The monoisotopic (exact) mass is 313 g/mol. The van der Waals surface area contributed by atoms with Crippen LogP contribution in [0, 0.1) is 0 Å². The first-order valence-electron chi connectivity index (χ1n) is 6.64. The summed E-state index contributed by atoms with van der Waals surface area (Å²) in [7, 11) is 0. The number of carbonyl (C=O) groups excluding carboxylic acids is 1. The van der Waals surface area contributed by atoms with Gasteiger partial charge in [-0.2, -0.15) is 0 Å². The summed E-state index contributed by atoms with van der Waals surface area (Å²) in [5.74, 6) is -0.323. The minimum atomic E-state index is -1.25. The van der Waals surface area contributed by atoms with Gasteiger partial charge in [-0.25, -0.2) is 0 Å². The van der Waals surface area contributed by atoms with Crippen molar-refractivity contribution in [3.8, 4) is 0 Å². The average molecular weight is 313 g/mol. The van der Waals surface area contributed by atoms with Gasteiger partial charge in [0, 0.05) is 11.8 Å². The maximum Gasteiger partial charge on any atom is 0.217 e. The van der Waals surface area contributed by atoms with Crippen molar-refractivity contribution in [1.82, 2.24) is 5.32 Å². The second-order valence-corrected chi connectivity index (χ2v) is 6.04. The van der Waals surface area contributed by atoms with E-state index in [1.165, 1.54) is 18.7 Å². The highest BCUT2D eigenvalue weighted by molar-refractivity contribution is 7.99. The van der Waals surface area contributed by atoms with Crippen LogP contribution in [-0.4, -0.2) is 57.6 Å². The third-order valence-corrected chi connectivity index (χ3v) is 4.43. The lowest BCUT2D eigenvalue weighted by Crippen LogP contribution is -2.63. The van der Waals surface area contributed by atoms with Crippen molar-refractivity contribution in [1.29, 1.82) is 0 Å². The van der Waals surface area contributed by atoms with Gasteiger partial charge in [0.2, 0.25) is 5.91 Å². The molecule has 0 aromatic heterocycles. The first-order chi connectivity index (χ1) is 10.0. The fourth-order valence-electron chi connectivity index (χ4n) is 2.20. The Labute approximate surface area is 127 Å². The molecule has 5 atom stereocenters. The van der Waals surface area contributed by atoms with E-state index in [0.29, 0.717) is 0 Å². The van der Waals surface area contributed by atoms with Crippen molar-refractivity contribution in [3.05, 3.63) is 30.3 Å². The van der Waals surface area contributed by atoms with Crippen LogP contribution in [0.4, 0.5) is 0 Å². The van der Waals surface area contributed by atoms with E-state index in [-0.39, 0.29) is 5.91 Å². The van der Waals surface area contributed by atoms with Crippen LogP contribution in [0.3, 0.4) is 0 Å². The Morgan fingerprint density at radius 1 is 1.29 bits per heavy atom. The summed E-state index contributed by atoms with van der Waals surface area (Å²) in [4.78, 5) is 12.2. The van der Waals surface area contributed by atoms with Gasteiger partial charge in [-0.15, -0.1) is 0 Å². The molecule has 7 heteroatoms. The quantitative estimate of drug-likeness (QED) is 0.610. The fraction of sp³-hybridized carbons (Fsp3) is 0.500. The highest BCUT2D eigenvalue weighted by atomic mass is 32.2. The minimum absolute atomic E-state index is 0.323. The molecule has 6 nitrogen and oxygen atoms in total. The Kier molecular flexibility index (Phi) is 5.60. The molecule has 1 saturated heterocycles. The van der Waals surface area contributed by atoms with E-state index in [1.54, 1.807) is 0 Å². The third kappa shape index (κ3) is 3.96. The first-order valence-corrected chi connectivity index (χ1v) is 7.52. The second kappa shape index (κ2) is 7.24. The standard InChI is InChI=1S/C14H19NO5S/c1-8(17)15-11-13(19)12(18)10(7-16)20-14(11)21-9-5-3-2-4-6-9/h2-6,10-14,16,18-19H,7H2,1H3,(H,15,17)/t10-,11-,12+,13-,14+/m0/s1. The second-order valence-electron chi connectivity index (χ2n) is 4.86. The van der Waals surface area contributed by atoms with Crippen LogP contribution >= 0.6 is 11.8 Å². The molecule has 1 aromatic carbocycles. The highest BCUT2D eigenvalue weighted by Gasteiger charge is 2.44. The van der Waals surface area contributed by atoms with Crippen molar-refractivity contribution in [2.24, 2.45) is 0 Å². The number of rotatable bonds is 4. The van der Waals surface area contributed by atoms with Crippen LogP contribution in [0.5, 0.6) is 0 Å². The number of aliphatic hydroxyl groups is 3. The van der Waals surface area contributed by atoms with Crippen LogP contribution in [0.15, 0.2) is 35.2 Å². The molecule has 0 radical (unpaired) electrons. The summed E-state index contributed by atoms with van der Waals surface area (Å²) < 4.78 is 5.62. The molecule has 1 fully saturated rings. The van der Waals surface area contributed by atoms with Crippen molar-refractivity contribution >= 4 is 17.7 Å². The Balaban J connectivity index is 2.18. The van der Waals surface area contributed by atoms with Crippen LogP contribution in [0.25, 0.3) is 0 Å². The molecular weight excluding hydrogens is 294 g/mol. The van der Waals surface area contributed by atoms with Gasteiger partial charge in [-0.3, -0.25) is 4.79 Å². The fourth-order valence-corrected chi connectivity index (χ4v) is 3.36. The maximum atomic E-state index is 11.3. The Bertz CT molecular complexity index is 472. The first kappa shape index (κ1) is 16.3. The SMILES string of the molecule is CC(=O)N[C@H]1[C@H](O)[C@H](O)[C@H](CO)O[C@@H]1Sc1ccccc1. The number of carbonyl (C=O) groups is 1. The molecule has 21 heavy (non-hydrogen) atoms. The zero-order valence-electron chi connectivity index (χ0n) is 11.5. The molecule has 0 spiro atoms. The molecule has 0 unspecified atom stereocenters. The molecule has 1 aliphatic heterocycles. The lowest BCUT2D eigenvalue weighted by Gasteiger charge is -2.42. The summed E-state index contributed by atoms with van der Waals surface area (Å²) >= 11 is 1.32. The van der Waals surface area contributed by atoms with Crippen LogP contribution < -0.4 is 5.32 Å². The number of amides is 1. The summed E-state index contributed by atoms with van der Waals surface area (Å²) in [6.07, 6.45) is -3.34. The van der Waals surface area contributed by atoms with Crippen molar-refractivity contribution in [3.63, 3.8) is 0 Å². The number of hydrogen-bond donors (Lipinski definition) is 4. The molecule has 2 rings (SSSR count). The minimum Gasteiger partial charge on any atom is -0.394 e. The van der Waals surface area contributed by atoms with E-state index in [1.807, 2.05) is 30.3 Å². The molecule has 0 aliphatic carbocycles. The van der Waals surface area contributed by atoms with E-state index in [0.717, 1.165) is 4.90 Å². The molecule has 0 saturated carbocycles. The number of hydrogen-bond acceptors (Lipinski definition) is 6. The zero-order valence-corrected chi connectivity index (χ0v) is 12.4. The summed E-state index contributed by atoms with van der Waals surface area (Å²) in [5, 5.41) is 31.9. The number of aliphatic hydroxyl groups excluding tert-OH is 3. The predicted octanol–water partition coefficient (Wildman–Crippen LogP) is -0.278. The van der Waals surface area contributed by atoms with Crippen molar-refractivity contribution < 1.29 is 24.9 Å². The van der Waals surface area contributed by atoms with E-state index >= 15 is 0 Å². The molecule has 0 bridgehead atoms. The molecule has 1 aromatic rings. The van der Waals surface area contributed by atoms with E-state index < -0.39 is 36.4 Å². The van der Waals surface area contributed by atoms with Gasteiger partial charge < -0.3 is 25.4 Å². The van der Waals surface area contributed by atoms with Gasteiger partial charge in [0.15, 0.2) is 0 Å². The van der Waals surface area contributed by atoms with Crippen molar-refractivity contribution in [2.75, 3.05) is 6.61 Å². The smallest absolute Gasteiger partial charge is 0.217 e. The topological polar surface area (TPSA) is 99.0 Å². The van der Waals surface area contributed by atoms with Crippen LogP contribution in [0.1, 0.15) is 6.92 Å². The predicted molar refractivity (Wildman–Crippen MR) is 77.7 cm³/mol. The molecule has 4 N–H and O–H groups in total. The van der Waals surface area contributed by atoms with Crippen molar-refractivity contribution in [2.45, 2.75) is 41.6 Å². The lowest BCUT2D eigenvalue weighted by atomic mass is 9.98. The number of ether oxygens (including phenoxy) is 1. The lowest BCUT2D eigenvalue weighted by molar-refractivity contribution is -0.173. The molecule has 116 valence electrons. The normalized spacial score (nSPS) is 32.7. The van der Waals surface area contributed by atoms with Gasteiger partial charge in [0.05, 0.1) is 12.6 Å². The molecular formula is C14H19NO5S. The molecule has 1 heterocycles. The van der Waals surface area contributed by atoms with E-state index in [4.69, 9.17) is 4.74 Å².